The van der Waals surface area contributed by atoms with Gasteiger partial charge in [-0.25, -0.2) is 0 Å². The highest BCUT2D eigenvalue weighted by Crippen LogP contribution is 2.31. The van der Waals surface area contributed by atoms with Crippen molar-refractivity contribution < 1.29 is 22.7 Å². The first-order valence-electron chi connectivity index (χ1n) is 7.03. The molecule has 1 atom stereocenters. The van der Waals surface area contributed by atoms with Crippen LogP contribution in [0, 0.1) is 5.92 Å². The Bertz CT molecular complexity index is 496. The predicted molar refractivity (Wildman–Crippen MR) is 84.6 cm³/mol. The van der Waals surface area contributed by atoms with Gasteiger partial charge in [0.25, 0.3) is 0 Å². The Labute approximate surface area is 140 Å². The SMILES string of the molecule is CC(C)C[C@H](N)C(=O)NCCOc1cccc(C(F)(F)F)c1.Cl. The number of amides is 1. The zero-order valence-corrected chi connectivity index (χ0v) is 13.8. The number of nitrogens with one attached hydrogen (secondary N) is 1. The molecule has 8 heteroatoms. The van der Waals surface area contributed by atoms with Gasteiger partial charge in [-0.1, -0.05) is 19.9 Å². The van der Waals surface area contributed by atoms with Gasteiger partial charge in [0.05, 0.1) is 18.2 Å². The average Bonchev–Trinajstić information content (AvgIpc) is 2.42. The third kappa shape index (κ3) is 8.08. The molecule has 0 aliphatic heterocycles. The van der Waals surface area contributed by atoms with E-state index in [9.17, 15) is 18.0 Å². The Kier molecular flexibility index (Phi) is 9.01. The van der Waals surface area contributed by atoms with Crippen LogP contribution in [0.5, 0.6) is 5.75 Å². The van der Waals surface area contributed by atoms with E-state index in [1.807, 2.05) is 13.8 Å². The molecule has 0 aromatic heterocycles. The molecule has 4 nitrogen and oxygen atoms in total. The van der Waals surface area contributed by atoms with Crippen molar-refractivity contribution in [2.75, 3.05) is 13.2 Å². The van der Waals surface area contributed by atoms with Crippen molar-refractivity contribution in [3.63, 3.8) is 0 Å². The van der Waals surface area contributed by atoms with Crippen LogP contribution in [0.25, 0.3) is 0 Å². The summed E-state index contributed by atoms with van der Waals surface area (Å²) < 4.78 is 42.8. The summed E-state index contributed by atoms with van der Waals surface area (Å²) >= 11 is 0. The molecule has 0 fully saturated rings. The smallest absolute Gasteiger partial charge is 0.416 e. The van der Waals surface area contributed by atoms with E-state index in [4.69, 9.17) is 10.5 Å². The fraction of sp³-hybridized carbons (Fsp3) is 0.533. The van der Waals surface area contributed by atoms with Crippen LogP contribution in [-0.2, 0) is 11.0 Å². The Morgan fingerprint density at radius 3 is 2.57 bits per heavy atom. The van der Waals surface area contributed by atoms with E-state index in [0.29, 0.717) is 12.3 Å². The van der Waals surface area contributed by atoms with Crippen LogP contribution in [0.1, 0.15) is 25.8 Å². The van der Waals surface area contributed by atoms with Gasteiger partial charge < -0.3 is 15.8 Å². The maximum absolute atomic E-state index is 12.5. The lowest BCUT2D eigenvalue weighted by Crippen LogP contribution is -2.42. The van der Waals surface area contributed by atoms with Gasteiger partial charge >= 0.3 is 6.18 Å². The van der Waals surface area contributed by atoms with Crippen molar-refractivity contribution >= 4 is 18.3 Å². The summed E-state index contributed by atoms with van der Waals surface area (Å²) in [5.74, 6) is 0.124. The monoisotopic (exact) mass is 354 g/mol. The quantitative estimate of drug-likeness (QED) is 0.740. The van der Waals surface area contributed by atoms with Crippen molar-refractivity contribution in [3.05, 3.63) is 29.8 Å². The molecule has 0 heterocycles. The van der Waals surface area contributed by atoms with Crippen LogP contribution in [-0.4, -0.2) is 25.1 Å². The highest BCUT2D eigenvalue weighted by atomic mass is 35.5. The molecule has 1 aromatic carbocycles. The highest BCUT2D eigenvalue weighted by molar-refractivity contribution is 5.85. The number of hydrogen-bond acceptors (Lipinski definition) is 3. The van der Waals surface area contributed by atoms with Crippen molar-refractivity contribution in [2.45, 2.75) is 32.5 Å². The largest absolute Gasteiger partial charge is 0.492 e. The lowest BCUT2D eigenvalue weighted by atomic mass is 10.0. The molecular weight excluding hydrogens is 333 g/mol. The van der Waals surface area contributed by atoms with E-state index in [-0.39, 0.29) is 37.2 Å². The number of hydrogen-bond donors (Lipinski definition) is 2. The Balaban J connectivity index is 0.00000484. The van der Waals surface area contributed by atoms with Gasteiger partial charge in [0.1, 0.15) is 12.4 Å². The summed E-state index contributed by atoms with van der Waals surface area (Å²) in [4.78, 5) is 11.6. The van der Waals surface area contributed by atoms with Gasteiger partial charge in [-0.3, -0.25) is 4.79 Å². The molecule has 0 saturated carbocycles. The van der Waals surface area contributed by atoms with Crippen molar-refractivity contribution in [1.29, 1.82) is 0 Å². The second-order valence-corrected chi connectivity index (χ2v) is 5.40. The van der Waals surface area contributed by atoms with E-state index in [0.717, 1.165) is 12.1 Å². The average molecular weight is 355 g/mol. The molecular formula is C15H22ClF3N2O2. The minimum Gasteiger partial charge on any atom is -0.492 e. The number of carbonyl (C=O) groups excluding carboxylic acids is 1. The lowest BCUT2D eigenvalue weighted by Gasteiger charge is -2.14. The molecule has 0 aliphatic carbocycles. The van der Waals surface area contributed by atoms with Crippen LogP contribution >= 0.6 is 12.4 Å². The minimum atomic E-state index is -4.41. The van der Waals surface area contributed by atoms with Crippen LogP contribution < -0.4 is 15.8 Å². The zero-order chi connectivity index (χ0) is 16.8. The second kappa shape index (κ2) is 9.62. The number of nitrogens with two attached hydrogens (primary N) is 1. The normalized spacial score (nSPS) is 12.5. The third-order valence-electron chi connectivity index (χ3n) is 2.89. The molecule has 0 saturated heterocycles. The summed E-state index contributed by atoms with van der Waals surface area (Å²) in [6, 6.07) is 4.01. The van der Waals surface area contributed by atoms with Crippen LogP contribution in [0.4, 0.5) is 13.2 Å². The molecule has 0 unspecified atom stereocenters. The van der Waals surface area contributed by atoms with Gasteiger partial charge in [-0.15, -0.1) is 12.4 Å². The standard InChI is InChI=1S/C15H21F3N2O2.ClH/c1-10(2)8-13(19)14(21)20-6-7-22-12-5-3-4-11(9-12)15(16,17)18;/h3-5,9-10,13H,6-8,19H2,1-2H3,(H,20,21);1H/t13-;/m0./s1. The fourth-order valence-electron chi connectivity index (χ4n) is 1.85. The Hall–Kier alpha value is -1.47. The van der Waals surface area contributed by atoms with Crippen molar-refractivity contribution in [3.8, 4) is 5.75 Å². The summed E-state index contributed by atoms with van der Waals surface area (Å²) in [5, 5.41) is 2.59. The molecule has 3 N–H and O–H groups in total. The molecule has 1 aromatic rings. The summed E-state index contributed by atoms with van der Waals surface area (Å²) in [6.07, 6.45) is -3.84. The van der Waals surface area contributed by atoms with Crippen molar-refractivity contribution in [2.24, 2.45) is 11.7 Å². The molecule has 0 spiro atoms. The molecule has 1 amide bonds. The molecule has 0 bridgehead atoms. The van der Waals surface area contributed by atoms with Gasteiger partial charge in [0.15, 0.2) is 0 Å². The van der Waals surface area contributed by atoms with E-state index in [1.165, 1.54) is 12.1 Å². The third-order valence-corrected chi connectivity index (χ3v) is 2.89. The van der Waals surface area contributed by atoms with Crippen molar-refractivity contribution in [1.82, 2.24) is 5.32 Å². The topological polar surface area (TPSA) is 64.4 Å². The molecule has 132 valence electrons. The molecule has 0 radical (unpaired) electrons. The number of alkyl halides is 3. The van der Waals surface area contributed by atoms with Gasteiger partial charge in [0, 0.05) is 0 Å². The zero-order valence-electron chi connectivity index (χ0n) is 13.0. The molecule has 1 rings (SSSR count). The summed E-state index contributed by atoms with van der Waals surface area (Å²) in [7, 11) is 0. The lowest BCUT2D eigenvalue weighted by molar-refractivity contribution is -0.137. The van der Waals surface area contributed by atoms with Gasteiger partial charge in [0.2, 0.25) is 5.91 Å². The predicted octanol–water partition coefficient (Wildman–Crippen LogP) is 3.00. The first-order valence-corrected chi connectivity index (χ1v) is 7.03. The second-order valence-electron chi connectivity index (χ2n) is 5.40. The fourth-order valence-corrected chi connectivity index (χ4v) is 1.85. The minimum absolute atomic E-state index is 0. The highest BCUT2D eigenvalue weighted by Gasteiger charge is 2.30. The van der Waals surface area contributed by atoms with Crippen LogP contribution in [0.15, 0.2) is 24.3 Å². The van der Waals surface area contributed by atoms with Gasteiger partial charge in [-0.05, 0) is 30.5 Å². The number of benzene rings is 1. The maximum atomic E-state index is 12.5. The van der Waals surface area contributed by atoms with E-state index >= 15 is 0 Å². The maximum Gasteiger partial charge on any atom is 0.416 e. The Morgan fingerprint density at radius 1 is 1.35 bits per heavy atom. The van der Waals surface area contributed by atoms with E-state index in [2.05, 4.69) is 5.32 Å². The van der Waals surface area contributed by atoms with E-state index in [1.54, 1.807) is 0 Å². The van der Waals surface area contributed by atoms with Crippen LogP contribution in [0.3, 0.4) is 0 Å². The first kappa shape index (κ1) is 21.5. The summed E-state index contributed by atoms with van der Waals surface area (Å²) in [6.45, 7) is 4.18. The number of ether oxygens (including phenoxy) is 1. The summed E-state index contributed by atoms with van der Waals surface area (Å²) in [5.41, 5.74) is 4.93. The first-order chi connectivity index (χ1) is 10.2. The van der Waals surface area contributed by atoms with E-state index < -0.39 is 17.8 Å². The van der Waals surface area contributed by atoms with Gasteiger partial charge in [-0.2, -0.15) is 13.2 Å². The number of carbonyl (C=O) groups is 1. The Morgan fingerprint density at radius 2 is 2.00 bits per heavy atom. The van der Waals surface area contributed by atoms with Crippen LogP contribution in [0.2, 0.25) is 0 Å². The number of halogens is 4. The number of rotatable bonds is 7. The molecule has 23 heavy (non-hydrogen) atoms. The molecule has 0 aliphatic rings.